The summed E-state index contributed by atoms with van der Waals surface area (Å²) >= 11 is 5.92. The van der Waals surface area contributed by atoms with Crippen LogP contribution in [0.25, 0.3) is 11.5 Å². The fraction of sp³-hybridized carbons (Fsp3) is 0.231. The van der Waals surface area contributed by atoms with Crippen LogP contribution in [-0.4, -0.2) is 25.1 Å². The van der Waals surface area contributed by atoms with Crippen molar-refractivity contribution in [3.63, 3.8) is 0 Å². The van der Waals surface area contributed by atoms with Crippen molar-refractivity contribution in [1.82, 2.24) is 25.1 Å². The van der Waals surface area contributed by atoms with Crippen LogP contribution in [0.3, 0.4) is 0 Å². The van der Waals surface area contributed by atoms with Gasteiger partial charge >= 0.3 is 0 Å². The molecule has 1 unspecified atom stereocenters. The summed E-state index contributed by atoms with van der Waals surface area (Å²) in [7, 11) is 0. The predicted molar refractivity (Wildman–Crippen MR) is 73.1 cm³/mol. The van der Waals surface area contributed by atoms with E-state index in [4.69, 9.17) is 16.1 Å². The van der Waals surface area contributed by atoms with E-state index in [-0.39, 0.29) is 11.2 Å². The van der Waals surface area contributed by atoms with Crippen LogP contribution < -0.4 is 0 Å². The molecule has 2 heterocycles. The van der Waals surface area contributed by atoms with E-state index in [1.807, 2.05) is 6.92 Å². The van der Waals surface area contributed by atoms with E-state index >= 15 is 0 Å². The lowest BCUT2D eigenvalue weighted by Crippen LogP contribution is -2.02. The van der Waals surface area contributed by atoms with Crippen molar-refractivity contribution >= 4 is 11.6 Å². The number of aromatic nitrogens is 5. The van der Waals surface area contributed by atoms with E-state index in [2.05, 4.69) is 20.5 Å². The fourth-order valence-corrected chi connectivity index (χ4v) is 1.85. The van der Waals surface area contributed by atoms with Crippen LogP contribution in [0, 0.1) is 5.82 Å². The van der Waals surface area contributed by atoms with Crippen LogP contribution in [0.1, 0.15) is 23.8 Å². The highest BCUT2D eigenvalue weighted by molar-refractivity contribution is 6.20. The summed E-state index contributed by atoms with van der Waals surface area (Å²) in [5.74, 6) is 0.466. The van der Waals surface area contributed by atoms with Gasteiger partial charge in [-0.15, -0.1) is 16.7 Å². The molecule has 0 saturated heterocycles. The van der Waals surface area contributed by atoms with E-state index in [1.54, 1.807) is 23.0 Å². The number of rotatable bonds is 4. The first-order valence-corrected chi connectivity index (χ1v) is 6.68. The third kappa shape index (κ3) is 3.08. The van der Waals surface area contributed by atoms with Crippen LogP contribution in [0.5, 0.6) is 0 Å². The van der Waals surface area contributed by atoms with E-state index < -0.39 is 0 Å². The lowest BCUT2D eigenvalue weighted by Gasteiger charge is -1.94. The minimum Gasteiger partial charge on any atom is -0.334 e. The summed E-state index contributed by atoms with van der Waals surface area (Å²) in [5, 5.41) is 11.5. The number of alkyl halides is 1. The molecule has 0 N–H and O–H groups in total. The first kappa shape index (κ1) is 13.7. The van der Waals surface area contributed by atoms with Crippen LogP contribution in [0.15, 0.2) is 35.0 Å². The summed E-state index contributed by atoms with van der Waals surface area (Å²) in [6.45, 7) is 2.14. The predicted octanol–water partition coefficient (Wildman–Crippen LogP) is 2.82. The summed E-state index contributed by atoms with van der Waals surface area (Å²) < 4.78 is 19.6. The maximum absolute atomic E-state index is 12.9. The van der Waals surface area contributed by atoms with Crippen molar-refractivity contribution in [3.05, 3.63) is 47.8 Å². The van der Waals surface area contributed by atoms with Gasteiger partial charge in [0.05, 0.1) is 11.6 Å². The average Bonchev–Trinajstić information content (AvgIpc) is 3.10. The maximum Gasteiger partial charge on any atom is 0.257 e. The van der Waals surface area contributed by atoms with Gasteiger partial charge < -0.3 is 4.52 Å². The van der Waals surface area contributed by atoms with Crippen molar-refractivity contribution < 1.29 is 8.91 Å². The molecular formula is C13H11ClFN5O. The minimum atomic E-state index is -0.316. The van der Waals surface area contributed by atoms with Gasteiger partial charge in [0.15, 0.2) is 5.82 Å². The van der Waals surface area contributed by atoms with Crippen LogP contribution in [-0.2, 0) is 6.54 Å². The number of halogens is 2. The van der Waals surface area contributed by atoms with Crippen molar-refractivity contribution in [3.8, 4) is 11.5 Å². The normalized spacial score (nSPS) is 12.5. The Bertz CT molecular complexity index is 737. The van der Waals surface area contributed by atoms with E-state index in [0.29, 0.717) is 29.5 Å². The Labute approximate surface area is 124 Å². The van der Waals surface area contributed by atoms with Gasteiger partial charge in [-0.05, 0) is 31.2 Å². The Morgan fingerprint density at radius 3 is 2.76 bits per heavy atom. The topological polar surface area (TPSA) is 69.6 Å². The molecule has 0 aliphatic rings. The van der Waals surface area contributed by atoms with Gasteiger partial charge in [0.1, 0.15) is 18.1 Å². The lowest BCUT2D eigenvalue weighted by atomic mass is 10.2. The highest BCUT2D eigenvalue weighted by atomic mass is 35.5. The first-order chi connectivity index (χ1) is 10.1. The van der Waals surface area contributed by atoms with Crippen molar-refractivity contribution in [2.75, 3.05) is 0 Å². The molecule has 8 heteroatoms. The van der Waals surface area contributed by atoms with Crippen LogP contribution in [0.2, 0.25) is 0 Å². The molecule has 108 valence electrons. The molecule has 1 atom stereocenters. The molecule has 3 aromatic rings. The zero-order valence-corrected chi connectivity index (χ0v) is 11.8. The second-order valence-corrected chi connectivity index (χ2v) is 5.13. The molecule has 21 heavy (non-hydrogen) atoms. The largest absolute Gasteiger partial charge is 0.334 e. The van der Waals surface area contributed by atoms with Crippen molar-refractivity contribution in [2.45, 2.75) is 18.8 Å². The lowest BCUT2D eigenvalue weighted by molar-refractivity contribution is 0.418. The molecule has 0 fully saturated rings. The third-order valence-electron chi connectivity index (χ3n) is 2.83. The highest BCUT2D eigenvalue weighted by Crippen LogP contribution is 2.18. The summed E-state index contributed by atoms with van der Waals surface area (Å²) in [6.07, 6.45) is 1.73. The van der Waals surface area contributed by atoms with E-state index in [9.17, 15) is 4.39 Å². The molecule has 3 rings (SSSR count). The molecule has 0 spiro atoms. The fourth-order valence-electron chi connectivity index (χ4n) is 1.75. The maximum atomic E-state index is 12.9. The quantitative estimate of drug-likeness (QED) is 0.693. The number of hydrogen-bond donors (Lipinski definition) is 0. The summed E-state index contributed by atoms with van der Waals surface area (Å²) in [6, 6.07) is 5.83. The molecule has 0 aliphatic carbocycles. The molecule has 0 saturated carbocycles. The molecule has 0 amide bonds. The van der Waals surface area contributed by atoms with Gasteiger partial charge in [0.2, 0.25) is 0 Å². The SMILES string of the molecule is CC(Cl)c1cn(Cc2noc(-c3ccc(F)cc3)n2)nn1. The second-order valence-electron chi connectivity index (χ2n) is 4.48. The minimum absolute atomic E-state index is 0.209. The van der Waals surface area contributed by atoms with Crippen molar-refractivity contribution in [1.29, 1.82) is 0 Å². The first-order valence-electron chi connectivity index (χ1n) is 6.24. The smallest absolute Gasteiger partial charge is 0.257 e. The zero-order valence-electron chi connectivity index (χ0n) is 11.1. The standard InChI is InChI=1S/C13H11ClFN5O/c1-8(14)11-6-20(19-17-11)7-12-16-13(21-18-12)9-2-4-10(15)5-3-9/h2-6,8H,7H2,1H3. The number of hydrogen-bond acceptors (Lipinski definition) is 5. The number of benzene rings is 1. The van der Waals surface area contributed by atoms with Gasteiger partial charge in [-0.2, -0.15) is 4.98 Å². The average molecular weight is 308 g/mol. The Balaban J connectivity index is 1.76. The molecule has 1 aromatic carbocycles. The molecule has 0 bridgehead atoms. The Kier molecular flexibility index (Phi) is 3.66. The van der Waals surface area contributed by atoms with E-state index in [1.165, 1.54) is 12.1 Å². The van der Waals surface area contributed by atoms with Gasteiger partial charge in [0, 0.05) is 5.56 Å². The monoisotopic (exact) mass is 307 g/mol. The van der Waals surface area contributed by atoms with Crippen molar-refractivity contribution in [2.24, 2.45) is 0 Å². The Morgan fingerprint density at radius 2 is 2.10 bits per heavy atom. The Morgan fingerprint density at radius 1 is 1.33 bits per heavy atom. The molecule has 0 aliphatic heterocycles. The second kappa shape index (κ2) is 5.61. The molecule has 2 aromatic heterocycles. The van der Waals surface area contributed by atoms with Crippen LogP contribution >= 0.6 is 11.6 Å². The van der Waals surface area contributed by atoms with Gasteiger partial charge in [-0.25, -0.2) is 9.07 Å². The zero-order chi connectivity index (χ0) is 14.8. The van der Waals surface area contributed by atoms with Gasteiger partial charge in [-0.1, -0.05) is 10.4 Å². The summed E-state index contributed by atoms with van der Waals surface area (Å²) in [5.41, 5.74) is 1.34. The van der Waals surface area contributed by atoms with Gasteiger partial charge in [0.25, 0.3) is 5.89 Å². The van der Waals surface area contributed by atoms with E-state index in [0.717, 1.165) is 0 Å². The molecule has 6 nitrogen and oxygen atoms in total. The van der Waals surface area contributed by atoms with Crippen LogP contribution in [0.4, 0.5) is 4.39 Å². The number of nitrogens with zero attached hydrogens (tertiary/aromatic N) is 5. The highest BCUT2D eigenvalue weighted by Gasteiger charge is 2.11. The summed E-state index contributed by atoms with van der Waals surface area (Å²) in [4.78, 5) is 4.24. The van der Waals surface area contributed by atoms with Gasteiger partial charge in [-0.3, -0.25) is 0 Å². The Hall–Kier alpha value is -2.28. The third-order valence-corrected chi connectivity index (χ3v) is 3.05. The molecular weight excluding hydrogens is 297 g/mol. The molecule has 0 radical (unpaired) electrons.